The Morgan fingerprint density at radius 3 is 2.03 bits per heavy atom. The molecule has 3 aromatic rings. The first-order valence-electron chi connectivity index (χ1n) is 9.52. The van der Waals surface area contributed by atoms with E-state index in [9.17, 15) is 9.59 Å². The summed E-state index contributed by atoms with van der Waals surface area (Å²) in [6, 6.07) is 23.6. The summed E-state index contributed by atoms with van der Waals surface area (Å²) in [4.78, 5) is 24.9. The van der Waals surface area contributed by atoms with Crippen molar-refractivity contribution >= 4 is 17.5 Å². The van der Waals surface area contributed by atoms with Crippen LogP contribution in [0.25, 0.3) is 0 Å². The second kappa shape index (κ2) is 9.55. The van der Waals surface area contributed by atoms with Crippen molar-refractivity contribution in [2.75, 3.05) is 5.32 Å². The molecule has 5 heteroatoms. The van der Waals surface area contributed by atoms with Crippen LogP contribution in [0.2, 0.25) is 0 Å². The Labute approximate surface area is 170 Å². The maximum absolute atomic E-state index is 12.6. The summed E-state index contributed by atoms with van der Waals surface area (Å²) in [6.45, 7) is 4.31. The van der Waals surface area contributed by atoms with Crippen LogP contribution in [0.3, 0.4) is 0 Å². The van der Waals surface area contributed by atoms with Crippen LogP contribution in [-0.4, -0.2) is 17.9 Å². The van der Waals surface area contributed by atoms with Gasteiger partial charge in [-0.3, -0.25) is 9.59 Å². The van der Waals surface area contributed by atoms with Gasteiger partial charge in [0.25, 0.3) is 11.8 Å². The number of carbonyl (C=O) groups excluding carboxylic acids is 2. The van der Waals surface area contributed by atoms with E-state index in [-0.39, 0.29) is 17.9 Å². The molecule has 0 atom stereocenters. The summed E-state index contributed by atoms with van der Waals surface area (Å²) in [5.74, 6) is 0.172. The Morgan fingerprint density at radius 2 is 1.38 bits per heavy atom. The molecular weight excluding hydrogens is 364 g/mol. The largest absolute Gasteiger partial charge is 0.489 e. The van der Waals surface area contributed by atoms with E-state index in [1.54, 1.807) is 30.3 Å². The van der Waals surface area contributed by atoms with Crippen molar-refractivity contribution in [3.8, 4) is 5.75 Å². The van der Waals surface area contributed by atoms with Crippen LogP contribution in [-0.2, 0) is 6.54 Å². The van der Waals surface area contributed by atoms with Crippen molar-refractivity contribution in [1.29, 1.82) is 0 Å². The third kappa shape index (κ3) is 5.69. The molecule has 0 aliphatic carbocycles. The SMILES string of the molecule is CC(C)Oc1ccccc1NC(=O)c1ccc(C(=O)NCc2ccccc2)cc1. The molecule has 2 N–H and O–H groups in total. The van der Waals surface area contributed by atoms with Gasteiger partial charge in [0.05, 0.1) is 11.8 Å². The molecule has 29 heavy (non-hydrogen) atoms. The maximum atomic E-state index is 12.6. The van der Waals surface area contributed by atoms with Gasteiger partial charge in [-0.2, -0.15) is 0 Å². The maximum Gasteiger partial charge on any atom is 0.255 e. The highest BCUT2D eigenvalue weighted by atomic mass is 16.5. The first-order chi connectivity index (χ1) is 14.0. The molecule has 0 aliphatic rings. The van der Waals surface area contributed by atoms with E-state index in [2.05, 4.69) is 10.6 Å². The lowest BCUT2D eigenvalue weighted by Gasteiger charge is -2.14. The zero-order valence-electron chi connectivity index (χ0n) is 16.5. The molecule has 0 aromatic heterocycles. The monoisotopic (exact) mass is 388 g/mol. The lowest BCUT2D eigenvalue weighted by molar-refractivity contribution is 0.0949. The fourth-order valence-corrected chi connectivity index (χ4v) is 2.77. The summed E-state index contributed by atoms with van der Waals surface area (Å²) in [6.07, 6.45) is 0.00161. The van der Waals surface area contributed by atoms with Gasteiger partial charge in [-0.15, -0.1) is 0 Å². The summed E-state index contributed by atoms with van der Waals surface area (Å²) in [5, 5.41) is 5.74. The number of ether oxygens (including phenoxy) is 1. The molecule has 0 bridgehead atoms. The van der Waals surface area contributed by atoms with Gasteiger partial charge in [0.1, 0.15) is 5.75 Å². The number of carbonyl (C=O) groups is 2. The number of amides is 2. The lowest BCUT2D eigenvalue weighted by Crippen LogP contribution is -2.23. The van der Waals surface area contributed by atoms with Crippen LogP contribution in [0.1, 0.15) is 40.1 Å². The smallest absolute Gasteiger partial charge is 0.255 e. The van der Waals surface area contributed by atoms with E-state index in [1.165, 1.54) is 0 Å². The van der Waals surface area contributed by atoms with Gasteiger partial charge < -0.3 is 15.4 Å². The van der Waals surface area contributed by atoms with Gasteiger partial charge >= 0.3 is 0 Å². The van der Waals surface area contributed by atoms with E-state index >= 15 is 0 Å². The predicted octanol–water partition coefficient (Wildman–Crippen LogP) is 4.66. The van der Waals surface area contributed by atoms with Crippen LogP contribution in [0.5, 0.6) is 5.75 Å². The minimum Gasteiger partial charge on any atom is -0.489 e. The van der Waals surface area contributed by atoms with Crippen LogP contribution in [0.4, 0.5) is 5.69 Å². The lowest BCUT2D eigenvalue weighted by atomic mass is 10.1. The van der Waals surface area contributed by atoms with E-state index in [0.717, 1.165) is 5.56 Å². The molecule has 0 unspecified atom stereocenters. The van der Waals surface area contributed by atoms with Gasteiger partial charge in [0.15, 0.2) is 0 Å². The highest BCUT2D eigenvalue weighted by molar-refractivity contribution is 6.05. The second-order valence-corrected chi connectivity index (χ2v) is 6.86. The summed E-state index contributed by atoms with van der Waals surface area (Å²) < 4.78 is 5.73. The molecule has 0 saturated heterocycles. The van der Waals surface area contributed by atoms with Gasteiger partial charge in [0, 0.05) is 17.7 Å². The van der Waals surface area contributed by atoms with Gasteiger partial charge in [-0.1, -0.05) is 42.5 Å². The molecule has 3 rings (SSSR count). The topological polar surface area (TPSA) is 67.4 Å². The number of hydrogen-bond acceptors (Lipinski definition) is 3. The number of rotatable bonds is 7. The molecule has 3 aromatic carbocycles. The Bertz CT molecular complexity index is 967. The van der Waals surface area contributed by atoms with Crippen molar-refractivity contribution in [3.63, 3.8) is 0 Å². The van der Waals surface area contributed by atoms with Crippen LogP contribution >= 0.6 is 0 Å². The summed E-state index contributed by atoms with van der Waals surface area (Å²) in [7, 11) is 0. The summed E-state index contributed by atoms with van der Waals surface area (Å²) >= 11 is 0. The molecule has 0 radical (unpaired) electrons. The highest BCUT2D eigenvalue weighted by Gasteiger charge is 2.12. The minimum absolute atomic E-state index is 0.00161. The Morgan fingerprint density at radius 1 is 0.793 bits per heavy atom. The van der Waals surface area contributed by atoms with Crippen molar-refractivity contribution in [1.82, 2.24) is 5.32 Å². The highest BCUT2D eigenvalue weighted by Crippen LogP contribution is 2.25. The van der Waals surface area contributed by atoms with E-state index in [4.69, 9.17) is 4.74 Å². The van der Waals surface area contributed by atoms with E-state index in [0.29, 0.717) is 29.1 Å². The summed E-state index contributed by atoms with van der Waals surface area (Å²) in [5.41, 5.74) is 2.60. The quantitative estimate of drug-likeness (QED) is 0.619. The van der Waals surface area contributed by atoms with E-state index < -0.39 is 0 Å². The van der Waals surface area contributed by atoms with Crippen molar-refractivity contribution in [2.45, 2.75) is 26.5 Å². The molecule has 0 saturated carbocycles. The predicted molar refractivity (Wildman–Crippen MR) is 114 cm³/mol. The molecule has 2 amide bonds. The minimum atomic E-state index is -0.263. The molecule has 148 valence electrons. The average Bonchev–Trinajstić information content (AvgIpc) is 2.74. The van der Waals surface area contributed by atoms with Crippen LogP contribution in [0.15, 0.2) is 78.9 Å². The molecule has 5 nitrogen and oxygen atoms in total. The van der Waals surface area contributed by atoms with Gasteiger partial charge in [-0.25, -0.2) is 0 Å². The van der Waals surface area contributed by atoms with Crippen molar-refractivity contribution in [3.05, 3.63) is 95.6 Å². The zero-order chi connectivity index (χ0) is 20.6. The molecule has 0 heterocycles. The first kappa shape index (κ1) is 20.1. The number of anilines is 1. The average molecular weight is 388 g/mol. The first-order valence-corrected chi connectivity index (χ1v) is 9.52. The molecule has 0 fully saturated rings. The molecule has 0 spiro atoms. The number of hydrogen-bond donors (Lipinski definition) is 2. The zero-order valence-corrected chi connectivity index (χ0v) is 16.5. The van der Waals surface area contributed by atoms with Crippen LogP contribution < -0.4 is 15.4 Å². The number of para-hydroxylation sites is 2. The Balaban J connectivity index is 1.62. The Kier molecular flexibility index (Phi) is 6.63. The molecular formula is C24H24N2O3. The fraction of sp³-hybridized carbons (Fsp3) is 0.167. The Hall–Kier alpha value is -3.60. The standard InChI is InChI=1S/C24H24N2O3/c1-17(2)29-22-11-7-6-10-21(22)26-24(28)20-14-12-19(13-15-20)23(27)25-16-18-8-4-3-5-9-18/h3-15,17H,16H2,1-2H3,(H,25,27)(H,26,28). The van der Waals surface area contributed by atoms with E-state index in [1.807, 2.05) is 62.4 Å². The second-order valence-electron chi connectivity index (χ2n) is 6.86. The fourth-order valence-electron chi connectivity index (χ4n) is 2.77. The van der Waals surface area contributed by atoms with Crippen molar-refractivity contribution in [2.24, 2.45) is 0 Å². The normalized spacial score (nSPS) is 10.4. The van der Waals surface area contributed by atoms with Gasteiger partial charge in [0.2, 0.25) is 0 Å². The van der Waals surface area contributed by atoms with Crippen LogP contribution in [0, 0.1) is 0 Å². The third-order valence-corrected chi connectivity index (χ3v) is 4.20. The van der Waals surface area contributed by atoms with Crippen molar-refractivity contribution < 1.29 is 14.3 Å². The number of nitrogens with one attached hydrogen (secondary N) is 2. The molecule has 0 aliphatic heterocycles. The number of benzene rings is 3. The third-order valence-electron chi connectivity index (χ3n) is 4.20. The van der Waals surface area contributed by atoms with Gasteiger partial charge in [-0.05, 0) is 55.8 Å².